The van der Waals surface area contributed by atoms with Crippen LogP contribution >= 0.6 is 15.9 Å². The van der Waals surface area contributed by atoms with Crippen LogP contribution in [-0.2, 0) is 19.1 Å². The number of anilines is 1. The molecule has 3 amide bonds. The van der Waals surface area contributed by atoms with E-state index in [9.17, 15) is 14.7 Å². The summed E-state index contributed by atoms with van der Waals surface area (Å²) in [6.07, 6.45) is 4.42. The Labute approximate surface area is 278 Å². The molecule has 1 spiro atoms. The number of aliphatic hydroxyl groups excluding tert-OH is 1. The van der Waals surface area contributed by atoms with Crippen LogP contribution in [0.2, 0.25) is 0 Å². The van der Waals surface area contributed by atoms with Gasteiger partial charge in [0.2, 0.25) is 17.7 Å². The molecule has 9 heteroatoms. The molecule has 7 atom stereocenters. The van der Waals surface area contributed by atoms with Crippen LogP contribution in [0.3, 0.4) is 0 Å². The monoisotopic (exact) mass is 685 g/mol. The number of nitrogens with zero attached hydrogens (tertiary/aromatic N) is 3. The molecule has 8 nitrogen and oxygen atoms in total. The second kappa shape index (κ2) is 13.3. The van der Waals surface area contributed by atoms with Crippen molar-refractivity contribution in [3.8, 4) is 0 Å². The summed E-state index contributed by atoms with van der Waals surface area (Å²) in [4.78, 5) is 49.3. The first-order valence-electron chi connectivity index (χ1n) is 16.2. The third kappa shape index (κ3) is 6.54. The van der Waals surface area contributed by atoms with E-state index in [4.69, 9.17) is 4.74 Å². The minimum atomic E-state index is -1.23. The third-order valence-electron chi connectivity index (χ3n) is 9.51. The molecule has 3 fully saturated rings. The fraction of sp³-hybridized carbons (Fsp3) is 0.639. The van der Waals surface area contributed by atoms with Gasteiger partial charge in [-0.2, -0.15) is 0 Å². The minimum Gasteiger partial charge on any atom is -0.394 e. The summed E-state index contributed by atoms with van der Waals surface area (Å²) in [7, 11) is 0. The van der Waals surface area contributed by atoms with E-state index in [2.05, 4.69) is 49.9 Å². The summed E-state index contributed by atoms with van der Waals surface area (Å²) in [5, 5.41) is 10.7. The summed E-state index contributed by atoms with van der Waals surface area (Å²) in [6.45, 7) is 22.7. The Kier molecular flexibility index (Phi) is 10.5. The SMILES string of the molecule is C=CCN(C(=O)[C@H]1[C@H]2C(=O)N([C@@H](CO)CC(C)C)C(C(=O)N(CC=C)C(C)(C)CC(C)(C)C)C23CC(Br)[C@@H]1O3)c1ccccc1. The predicted octanol–water partition coefficient (Wildman–Crippen LogP) is 5.59. The highest BCUT2D eigenvalue weighted by Gasteiger charge is 2.77. The summed E-state index contributed by atoms with van der Waals surface area (Å²) in [5.41, 5.74) is -1.18. The smallest absolute Gasteiger partial charge is 0.249 e. The molecule has 4 rings (SSSR count). The third-order valence-corrected chi connectivity index (χ3v) is 10.4. The Hall–Kier alpha value is -2.49. The Morgan fingerprint density at radius 1 is 1.11 bits per heavy atom. The zero-order chi connectivity index (χ0) is 33.5. The molecule has 248 valence electrons. The Morgan fingerprint density at radius 3 is 2.27 bits per heavy atom. The highest BCUT2D eigenvalue weighted by Crippen LogP contribution is 2.61. The van der Waals surface area contributed by atoms with E-state index in [1.165, 1.54) is 0 Å². The van der Waals surface area contributed by atoms with Gasteiger partial charge in [-0.1, -0.05) is 80.9 Å². The molecular weight excluding hydrogens is 634 g/mol. The van der Waals surface area contributed by atoms with Gasteiger partial charge in [0, 0.05) is 29.1 Å². The fourth-order valence-corrected chi connectivity index (χ4v) is 9.33. The average Bonchev–Trinajstić information content (AvgIpc) is 3.55. The van der Waals surface area contributed by atoms with Gasteiger partial charge >= 0.3 is 0 Å². The standard InChI is InChI=1S/C36H52BrN3O5/c1-10-17-38(24-15-13-12-14-16-24)31(42)27-28-32(43)40(25(21-41)19-23(3)4)30(36(28)20-26(37)29(27)45-36)33(44)39(18-11-2)35(8,9)22-34(5,6)7/h10-16,23,25-30,41H,1-2,17-22H2,3-9H3/t25-,26?,27+,28+,29+,30?,36?/m1/s1. The molecule has 0 aliphatic carbocycles. The maximum atomic E-state index is 15.1. The molecule has 1 aromatic carbocycles. The van der Waals surface area contributed by atoms with Crippen molar-refractivity contribution in [2.24, 2.45) is 23.2 Å². The number of amides is 3. The summed E-state index contributed by atoms with van der Waals surface area (Å²) in [6, 6.07) is 7.74. The normalized spacial score (nSPS) is 28.3. The van der Waals surface area contributed by atoms with Crippen molar-refractivity contribution < 1.29 is 24.2 Å². The van der Waals surface area contributed by atoms with Crippen LogP contribution in [0.1, 0.15) is 67.7 Å². The van der Waals surface area contributed by atoms with E-state index < -0.39 is 41.2 Å². The van der Waals surface area contributed by atoms with Crippen LogP contribution in [0, 0.1) is 23.2 Å². The molecule has 0 saturated carbocycles. The van der Waals surface area contributed by atoms with E-state index in [-0.39, 0.29) is 47.0 Å². The first-order valence-corrected chi connectivity index (χ1v) is 17.1. The molecule has 3 saturated heterocycles. The van der Waals surface area contributed by atoms with E-state index in [0.29, 0.717) is 31.5 Å². The van der Waals surface area contributed by atoms with Gasteiger partial charge in [0.25, 0.3) is 0 Å². The van der Waals surface area contributed by atoms with Crippen LogP contribution < -0.4 is 4.90 Å². The van der Waals surface area contributed by atoms with Crippen LogP contribution in [-0.4, -0.2) is 86.5 Å². The largest absolute Gasteiger partial charge is 0.394 e. The maximum Gasteiger partial charge on any atom is 0.249 e. The number of carbonyl (C=O) groups excluding carboxylic acids is 3. The second-order valence-electron chi connectivity index (χ2n) is 15.2. The number of ether oxygens (including phenoxy) is 1. The van der Waals surface area contributed by atoms with Crippen molar-refractivity contribution in [2.75, 3.05) is 24.6 Å². The Bertz CT molecular complexity index is 1280. The van der Waals surface area contributed by atoms with E-state index in [1.807, 2.05) is 62.9 Å². The van der Waals surface area contributed by atoms with Crippen molar-refractivity contribution in [2.45, 2.75) is 102 Å². The van der Waals surface area contributed by atoms with Gasteiger partial charge in [0.15, 0.2) is 0 Å². The lowest BCUT2D eigenvalue weighted by Gasteiger charge is -2.46. The maximum absolute atomic E-state index is 15.1. The van der Waals surface area contributed by atoms with E-state index in [0.717, 1.165) is 0 Å². The van der Waals surface area contributed by atoms with Crippen molar-refractivity contribution in [1.82, 2.24) is 9.80 Å². The number of benzene rings is 1. The Balaban J connectivity index is 1.87. The fourth-order valence-electron chi connectivity index (χ4n) is 8.39. The molecule has 3 aliphatic heterocycles. The second-order valence-corrected chi connectivity index (χ2v) is 16.4. The number of likely N-dealkylation sites (tertiary alicyclic amines) is 1. The lowest BCUT2D eigenvalue weighted by Crippen LogP contribution is -2.62. The van der Waals surface area contributed by atoms with Crippen LogP contribution in [0.5, 0.6) is 0 Å². The van der Waals surface area contributed by atoms with Crippen molar-refractivity contribution in [3.05, 3.63) is 55.6 Å². The summed E-state index contributed by atoms with van der Waals surface area (Å²) in [5.74, 6) is -2.29. The lowest BCUT2D eigenvalue weighted by molar-refractivity contribution is -0.155. The van der Waals surface area contributed by atoms with Gasteiger partial charge in [-0.3, -0.25) is 14.4 Å². The van der Waals surface area contributed by atoms with Gasteiger partial charge in [-0.25, -0.2) is 0 Å². The van der Waals surface area contributed by atoms with E-state index in [1.54, 1.807) is 22.0 Å². The average molecular weight is 687 g/mol. The molecule has 3 aliphatic rings. The number of fused-ring (bicyclic) bond motifs is 1. The molecule has 1 aromatic rings. The van der Waals surface area contributed by atoms with Gasteiger partial charge < -0.3 is 24.5 Å². The van der Waals surface area contributed by atoms with Crippen LogP contribution in [0.25, 0.3) is 0 Å². The number of carbonyl (C=O) groups is 3. The van der Waals surface area contributed by atoms with Crippen molar-refractivity contribution in [3.63, 3.8) is 0 Å². The molecule has 3 heterocycles. The number of alkyl halides is 1. The van der Waals surface area contributed by atoms with Crippen molar-refractivity contribution >= 4 is 39.3 Å². The van der Waals surface area contributed by atoms with Gasteiger partial charge in [0.05, 0.1) is 30.6 Å². The topological polar surface area (TPSA) is 90.4 Å². The van der Waals surface area contributed by atoms with Crippen molar-refractivity contribution in [1.29, 1.82) is 0 Å². The quantitative estimate of drug-likeness (QED) is 0.216. The molecule has 0 radical (unpaired) electrons. The van der Waals surface area contributed by atoms with Crippen LogP contribution in [0.4, 0.5) is 5.69 Å². The number of halogens is 1. The molecule has 1 N–H and O–H groups in total. The number of rotatable bonds is 13. The minimum absolute atomic E-state index is 0.0761. The summed E-state index contributed by atoms with van der Waals surface area (Å²) >= 11 is 3.80. The highest BCUT2D eigenvalue weighted by atomic mass is 79.9. The van der Waals surface area contributed by atoms with Gasteiger partial charge in [0.1, 0.15) is 11.6 Å². The first kappa shape index (κ1) is 35.4. The number of hydrogen-bond acceptors (Lipinski definition) is 5. The molecule has 3 unspecified atom stereocenters. The zero-order valence-corrected chi connectivity index (χ0v) is 29.6. The molecular formula is C36H52BrN3O5. The number of para-hydroxylation sites is 1. The number of hydrogen-bond donors (Lipinski definition) is 1. The zero-order valence-electron chi connectivity index (χ0n) is 28.0. The van der Waals surface area contributed by atoms with E-state index >= 15 is 4.79 Å². The Morgan fingerprint density at radius 2 is 1.73 bits per heavy atom. The lowest BCUT2D eigenvalue weighted by atomic mass is 9.69. The first-order chi connectivity index (χ1) is 21.0. The molecule has 2 bridgehead atoms. The molecule has 45 heavy (non-hydrogen) atoms. The predicted molar refractivity (Wildman–Crippen MR) is 182 cm³/mol. The molecule has 0 aromatic heterocycles. The summed E-state index contributed by atoms with van der Waals surface area (Å²) < 4.78 is 6.83. The van der Waals surface area contributed by atoms with Gasteiger partial charge in [-0.05, 0) is 56.6 Å². The number of aliphatic hydroxyl groups is 1. The van der Waals surface area contributed by atoms with Crippen LogP contribution in [0.15, 0.2) is 55.6 Å². The van der Waals surface area contributed by atoms with Gasteiger partial charge in [-0.15, -0.1) is 13.2 Å². The highest BCUT2D eigenvalue weighted by molar-refractivity contribution is 9.09.